The van der Waals surface area contributed by atoms with E-state index in [2.05, 4.69) is 223 Å². The Morgan fingerprint density at radius 1 is 0.381 bits per heavy atom. The number of para-hydroxylation sites is 3. The molecule has 3 aromatic heterocycles. The summed E-state index contributed by atoms with van der Waals surface area (Å²) in [5.41, 5.74) is 19.7. The van der Waals surface area contributed by atoms with Gasteiger partial charge in [-0.2, -0.15) is 0 Å². The summed E-state index contributed by atoms with van der Waals surface area (Å²) >= 11 is 1.87. The number of benzene rings is 9. The molecule has 0 saturated carbocycles. The maximum Gasteiger partial charge on any atom is 0.0754 e. The van der Waals surface area contributed by atoms with E-state index in [0.29, 0.717) is 0 Å². The second-order valence-electron chi connectivity index (χ2n) is 16.9. The second kappa shape index (κ2) is 13.1. The monoisotopic (exact) mass is 816 g/mol. The van der Waals surface area contributed by atoms with Crippen LogP contribution in [0.15, 0.2) is 218 Å². The molecule has 292 valence electrons. The molecular weight excluding hydrogens is 781 g/mol. The third-order valence-electron chi connectivity index (χ3n) is 13.8. The summed E-state index contributed by atoms with van der Waals surface area (Å²) in [6.45, 7) is 0. The Morgan fingerprint density at radius 2 is 1.03 bits per heavy atom. The minimum Gasteiger partial charge on any atom is -0.309 e. The molecule has 2 nitrogen and oxygen atoms in total. The highest BCUT2D eigenvalue weighted by Gasteiger charge is 2.51. The molecule has 0 N–H and O–H groups in total. The maximum atomic E-state index is 5.58. The van der Waals surface area contributed by atoms with Gasteiger partial charge in [-0.15, -0.1) is 11.3 Å². The molecule has 1 aliphatic heterocycles. The summed E-state index contributed by atoms with van der Waals surface area (Å²) < 4.78 is 5.15. The highest BCUT2D eigenvalue weighted by molar-refractivity contribution is 7.25. The zero-order valence-corrected chi connectivity index (χ0v) is 34.9. The van der Waals surface area contributed by atoms with E-state index >= 15 is 0 Å². The molecule has 4 heterocycles. The van der Waals surface area contributed by atoms with Crippen molar-refractivity contribution < 1.29 is 0 Å². The van der Waals surface area contributed by atoms with Crippen LogP contribution >= 0.6 is 11.3 Å². The molecule has 1 aliphatic carbocycles. The van der Waals surface area contributed by atoms with E-state index in [1.165, 1.54) is 97.7 Å². The highest BCUT2D eigenvalue weighted by Crippen LogP contribution is 2.63. The van der Waals surface area contributed by atoms with Crippen LogP contribution in [0, 0.1) is 0 Å². The van der Waals surface area contributed by atoms with Gasteiger partial charge in [0.1, 0.15) is 0 Å². The van der Waals surface area contributed by atoms with Crippen molar-refractivity contribution in [1.82, 2.24) is 9.55 Å². The standard InChI is InChI=1S/C60H36N2S/c1-3-16-37(17-4-1)40-35-51(38-18-5-2-6-19-38)61-52(36-40)44-24-14-26-49-57(44)46-34-39(41-22-15-31-56-58(41)45-21-8-12-30-55(45)63-56)32-33-47(46)60(49)48-25-9-11-29-54(48)62-53-28-10-7-20-42(53)43-23-13-27-50(60)59(43)62/h1-36H. The topological polar surface area (TPSA) is 17.8 Å². The minimum absolute atomic E-state index is 0.597. The van der Waals surface area contributed by atoms with Crippen molar-refractivity contribution in [2.24, 2.45) is 0 Å². The third kappa shape index (κ3) is 4.75. The number of hydrogen-bond donors (Lipinski definition) is 0. The van der Waals surface area contributed by atoms with E-state index in [9.17, 15) is 0 Å². The first-order valence-corrected chi connectivity index (χ1v) is 22.5. The Morgan fingerprint density at radius 3 is 1.92 bits per heavy atom. The van der Waals surface area contributed by atoms with E-state index in [4.69, 9.17) is 4.98 Å². The molecule has 3 heteroatoms. The molecule has 14 rings (SSSR count). The van der Waals surface area contributed by atoms with Gasteiger partial charge < -0.3 is 4.57 Å². The number of hydrogen-bond acceptors (Lipinski definition) is 2. The van der Waals surface area contributed by atoms with E-state index in [-0.39, 0.29) is 0 Å². The van der Waals surface area contributed by atoms with E-state index in [1.54, 1.807) is 0 Å². The Labute approximate surface area is 368 Å². The van der Waals surface area contributed by atoms with E-state index < -0.39 is 5.41 Å². The third-order valence-corrected chi connectivity index (χ3v) is 14.9. The summed E-state index contributed by atoms with van der Waals surface area (Å²) in [5, 5.41) is 5.18. The lowest BCUT2D eigenvalue weighted by Crippen LogP contribution is -2.33. The summed E-state index contributed by atoms with van der Waals surface area (Å²) in [6.07, 6.45) is 0. The lowest BCUT2D eigenvalue weighted by atomic mass is 9.65. The van der Waals surface area contributed by atoms with Crippen LogP contribution < -0.4 is 0 Å². The van der Waals surface area contributed by atoms with Gasteiger partial charge in [0.15, 0.2) is 0 Å². The van der Waals surface area contributed by atoms with Gasteiger partial charge >= 0.3 is 0 Å². The number of rotatable bonds is 4. The lowest BCUT2D eigenvalue weighted by Gasteiger charge is -2.39. The van der Waals surface area contributed by atoms with Crippen molar-refractivity contribution in [1.29, 1.82) is 0 Å². The minimum atomic E-state index is -0.597. The average Bonchev–Trinajstić information content (AvgIpc) is 4.01. The fraction of sp³-hybridized carbons (Fsp3) is 0.0167. The van der Waals surface area contributed by atoms with Crippen molar-refractivity contribution >= 4 is 53.3 Å². The first-order chi connectivity index (χ1) is 31.3. The summed E-state index contributed by atoms with van der Waals surface area (Å²) in [7, 11) is 0. The van der Waals surface area contributed by atoms with Gasteiger partial charge in [0.2, 0.25) is 0 Å². The van der Waals surface area contributed by atoms with Crippen LogP contribution in [0.5, 0.6) is 0 Å². The molecule has 0 bridgehead atoms. The molecular formula is C60H36N2S. The first kappa shape index (κ1) is 34.8. The van der Waals surface area contributed by atoms with Gasteiger partial charge in [-0.1, -0.05) is 176 Å². The fourth-order valence-electron chi connectivity index (χ4n) is 11.3. The summed E-state index contributed by atoms with van der Waals surface area (Å²) in [4.78, 5) is 5.58. The van der Waals surface area contributed by atoms with Gasteiger partial charge in [0.25, 0.3) is 0 Å². The van der Waals surface area contributed by atoms with Crippen molar-refractivity contribution in [3.05, 3.63) is 241 Å². The smallest absolute Gasteiger partial charge is 0.0754 e. The number of nitrogens with zero attached hydrogens (tertiary/aromatic N) is 2. The van der Waals surface area contributed by atoms with Crippen LogP contribution in [0.25, 0.3) is 104 Å². The number of thiophene rings is 1. The highest BCUT2D eigenvalue weighted by atomic mass is 32.1. The van der Waals surface area contributed by atoms with Crippen LogP contribution in [0.3, 0.4) is 0 Å². The Balaban J connectivity index is 1.12. The molecule has 1 atom stereocenters. The largest absolute Gasteiger partial charge is 0.309 e. The van der Waals surface area contributed by atoms with Crippen LogP contribution in [0.2, 0.25) is 0 Å². The molecule has 1 unspecified atom stereocenters. The van der Waals surface area contributed by atoms with E-state index in [0.717, 1.165) is 28.1 Å². The maximum absolute atomic E-state index is 5.58. The van der Waals surface area contributed by atoms with Crippen LogP contribution in [-0.4, -0.2) is 9.55 Å². The molecule has 0 saturated heterocycles. The average molecular weight is 817 g/mol. The van der Waals surface area contributed by atoms with Crippen molar-refractivity contribution in [3.8, 4) is 61.6 Å². The predicted octanol–water partition coefficient (Wildman–Crippen LogP) is 15.9. The normalized spacial score (nSPS) is 14.7. The fourth-order valence-corrected chi connectivity index (χ4v) is 12.4. The van der Waals surface area contributed by atoms with Gasteiger partial charge in [-0.3, -0.25) is 0 Å². The molecule has 12 aromatic rings. The number of aromatic nitrogens is 2. The zero-order valence-electron chi connectivity index (χ0n) is 34.1. The van der Waals surface area contributed by atoms with Crippen molar-refractivity contribution in [2.75, 3.05) is 0 Å². The van der Waals surface area contributed by atoms with Crippen molar-refractivity contribution in [2.45, 2.75) is 5.41 Å². The molecule has 0 amide bonds. The first-order valence-electron chi connectivity index (χ1n) is 21.7. The Hall–Kier alpha value is -7.85. The van der Waals surface area contributed by atoms with E-state index in [1.807, 2.05) is 11.3 Å². The molecule has 2 aliphatic rings. The van der Waals surface area contributed by atoms with Gasteiger partial charge in [0, 0.05) is 42.1 Å². The number of fused-ring (bicyclic) bond motifs is 15. The predicted molar refractivity (Wildman–Crippen MR) is 264 cm³/mol. The molecule has 1 spiro atoms. The van der Waals surface area contributed by atoms with Crippen LogP contribution in [-0.2, 0) is 5.41 Å². The lowest BCUT2D eigenvalue weighted by molar-refractivity contribution is 0.748. The SMILES string of the molecule is c1ccc(-c2cc(-c3ccccc3)nc(-c3cccc4c3-c3cc(-c5cccc6sc7ccccc7c56)ccc3C43c4ccccc4-n4c5ccccc5c5cccc3c54)c2)cc1. The Bertz CT molecular complexity index is 3800. The quantitative estimate of drug-likeness (QED) is 0.173. The van der Waals surface area contributed by atoms with Crippen LogP contribution in [0.1, 0.15) is 22.3 Å². The molecule has 0 fully saturated rings. The van der Waals surface area contributed by atoms with Gasteiger partial charge in [-0.05, 0) is 98.1 Å². The van der Waals surface area contributed by atoms with Crippen LogP contribution in [0.4, 0.5) is 0 Å². The molecule has 0 radical (unpaired) electrons. The summed E-state index contributed by atoms with van der Waals surface area (Å²) in [6, 6.07) is 80.9. The zero-order chi connectivity index (χ0) is 41.2. The second-order valence-corrected chi connectivity index (χ2v) is 18.0. The van der Waals surface area contributed by atoms with Crippen molar-refractivity contribution in [3.63, 3.8) is 0 Å². The molecule has 9 aromatic carbocycles. The molecule has 63 heavy (non-hydrogen) atoms. The number of pyridine rings is 1. The Kier molecular flexibility index (Phi) is 7.23. The summed E-state index contributed by atoms with van der Waals surface area (Å²) in [5.74, 6) is 0. The van der Waals surface area contributed by atoms with Gasteiger partial charge in [0.05, 0.1) is 33.5 Å². The van der Waals surface area contributed by atoms with Gasteiger partial charge in [-0.25, -0.2) is 4.98 Å².